The van der Waals surface area contributed by atoms with E-state index in [9.17, 15) is 4.79 Å². The Morgan fingerprint density at radius 3 is 2.94 bits per heavy atom. The predicted octanol–water partition coefficient (Wildman–Crippen LogP) is 0.0222. The van der Waals surface area contributed by atoms with Gasteiger partial charge in [-0.15, -0.1) is 0 Å². The molecule has 1 aliphatic heterocycles. The molecule has 88 valence electrons. The Balaban J connectivity index is 1.81. The molecule has 0 saturated carbocycles. The molecule has 6 nitrogen and oxygen atoms in total. The number of carbonyl (C=O) groups is 1. The lowest BCUT2D eigenvalue weighted by Gasteiger charge is -2.38. The molecule has 1 aromatic carbocycles. The molecule has 2 N–H and O–H groups in total. The minimum Gasteiger partial charge on any atom is -0.396 e. The minimum atomic E-state index is -0.0143. The van der Waals surface area contributed by atoms with Gasteiger partial charge in [-0.3, -0.25) is 4.79 Å². The van der Waals surface area contributed by atoms with Gasteiger partial charge in [0.25, 0.3) is 5.91 Å². The summed E-state index contributed by atoms with van der Waals surface area (Å²) in [5, 5.41) is 19.3. The number of amides is 1. The summed E-state index contributed by atoms with van der Waals surface area (Å²) in [6.45, 7) is 1.41. The molecule has 2 aromatic rings. The van der Waals surface area contributed by atoms with Gasteiger partial charge in [-0.25, -0.2) is 0 Å². The van der Waals surface area contributed by atoms with Crippen LogP contribution in [0, 0.1) is 5.92 Å². The van der Waals surface area contributed by atoms with E-state index < -0.39 is 0 Å². The van der Waals surface area contributed by atoms with Crippen LogP contribution in [0.4, 0.5) is 0 Å². The van der Waals surface area contributed by atoms with Crippen molar-refractivity contribution < 1.29 is 9.90 Å². The number of H-pyrrole nitrogens is 1. The van der Waals surface area contributed by atoms with E-state index in [4.69, 9.17) is 5.11 Å². The standard InChI is InChI=1S/C11H12N4O2/c16-6-7-4-15(5-7)11(17)8-1-2-9-10(3-8)13-14-12-9/h1-3,7,16H,4-6H2,(H,12,13,14). The molecule has 0 spiro atoms. The van der Waals surface area contributed by atoms with Crippen molar-refractivity contribution in [2.24, 2.45) is 5.92 Å². The summed E-state index contributed by atoms with van der Waals surface area (Å²) in [6.07, 6.45) is 0. The lowest BCUT2D eigenvalue weighted by Crippen LogP contribution is -2.51. The molecule has 0 aliphatic carbocycles. The van der Waals surface area contributed by atoms with Crippen LogP contribution in [-0.2, 0) is 0 Å². The van der Waals surface area contributed by atoms with Gasteiger partial charge in [0, 0.05) is 31.2 Å². The fourth-order valence-corrected chi connectivity index (χ4v) is 2.01. The van der Waals surface area contributed by atoms with Crippen LogP contribution in [0.25, 0.3) is 11.0 Å². The Morgan fingerprint density at radius 1 is 1.41 bits per heavy atom. The van der Waals surface area contributed by atoms with Gasteiger partial charge in [-0.2, -0.15) is 15.4 Å². The molecule has 1 fully saturated rings. The van der Waals surface area contributed by atoms with E-state index in [-0.39, 0.29) is 18.4 Å². The lowest BCUT2D eigenvalue weighted by molar-refractivity contribution is 0.0362. The van der Waals surface area contributed by atoms with Crippen LogP contribution in [0.2, 0.25) is 0 Å². The number of rotatable bonds is 2. The highest BCUT2D eigenvalue weighted by Crippen LogP contribution is 2.19. The van der Waals surface area contributed by atoms with Crippen molar-refractivity contribution in [3.05, 3.63) is 23.8 Å². The van der Waals surface area contributed by atoms with E-state index in [0.29, 0.717) is 24.2 Å². The van der Waals surface area contributed by atoms with Crippen LogP contribution >= 0.6 is 0 Å². The number of aliphatic hydroxyl groups excluding tert-OH is 1. The fraction of sp³-hybridized carbons (Fsp3) is 0.364. The molecule has 6 heteroatoms. The van der Waals surface area contributed by atoms with Gasteiger partial charge < -0.3 is 10.0 Å². The van der Waals surface area contributed by atoms with Gasteiger partial charge in [0.1, 0.15) is 11.0 Å². The number of aliphatic hydroxyl groups is 1. The smallest absolute Gasteiger partial charge is 0.253 e. The van der Waals surface area contributed by atoms with Crippen molar-refractivity contribution in [2.45, 2.75) is 0 Å². The largest absolute Gasteiger partial charge is 0.396 e. The number of benzene rings is 1. The highest BCUT2D eigenvalue weighted by molar-refractivity contribution is 5.97. The maximum Gasteiger partial charge on any atom is 0.253 e. The molecule has 0 radical (unpaired) electrons. The Kier molecular flexibility index (Phi) is 2.29. The summed E-state index contributed by atoms with van der Waals surface area (Å²) < 4.78 is 0. The Hall–Kier alpha value is -1.95. The Bertz CT molecular complexity index is 559. The van der Waals surface area contributed by atoms with Crippen molar-refractivity contribution in [3.63, 3.8) is 0 Å². The quantitative estimate of drug-likeness (QED) is 0.764. The number of carbonyl (C=O) groups excluding carboxylic acids is 1. The zero-order valence-corrected chi connectivity index (χ0v) is 9.13. The van der Waals surface area contributed by atoms with E-state index >= 15 is 0 Å². The average molecular weight is 232 g/mol. The third-order valence-corrected chi connectivity index (χ3v) is 3.07. The van der Waals surface area contributed by atoms with Gasteiger partial charge in [-0.1, -0.05) is 0 Å². The predicted molar refractivity (Wildman–Crippen MR) is 60.4 cm³/mol. The molecular formula is C11H12N4O2. The Morgan fingerprint density at radius 2 is 2.18 bits per heavy atom. The van der Waals surface area contributed by atoms with E-state index in [1.165, 1.54) is 0 Å². The molecule has 1 aliphatic rings. The maximum atomic E-state index is 12.0. The summed E-state index contributed by atoms with van der Waals surface area (Å²) >= 11 is 0. The van der Waals surface area contributed by atoms with Crippen LogP contribution in [0.5, 0.6) is 0 Å². The first-order valence-electron chi connectivity index (χ1n) is 5.48. The number of aromatic amines is 1. The summed E-state index contributed by atoms with van der Waals surface area (Å²) in [6, 6.07) is 5.25. The molecular weight excluding hydrogens is 220 g/mol. The maximum absolute atomic E-state index is 12.0. The van der Waals surface area contributed by atoms with Crippen LogP contribution in [-0.4, -0.2) is 51.0 Å². The Labute approximate surface area is 97.2 Å². The van der Waals surface area contributed by atoms with Crippen molar-refractivity contribution in [1.29, 1.82) is 0 Å². The van der Waals surface area contributed by atoms with E-state index in [1.54, 1.807) is 23.1 Å². The second kappa shape index (κ2) is 3.81. The second-order valence-electron chi connectivity index (χ2n) is 4.29. The number of aromatic nitrogens is 3. The summed E-state index contributed by atoms with van der Waals surface area (Å²) in [4.78, 5) is 13.8. The first-order valence-corrected chi connectivity index (χ1v) is 5.48. The second-order valence-corrected chi connectivity index (χ2v) is 4.29. The first-order chi connectivity index (χ1) is 8.28. The number of nitrogens with zero attached hydrogens (tertiary/aromatic N) is 3. The summed E-state index contributed by atoms with van der Waals surface area (Å²) in [5.41, 5.74) is 2.05. The third kappa shape index (κ3) is 1.66. The molecule has 0 bridgehead atoms. The van der Waals surface area contributed by atoms with E-state index in [1.807, 2.05) is 0 Å². The number of likely N-dealkylation sites (tertiary alicyclic amines) is 1. The van der Waals surface area contributed by atoms with Gasteiger partial charge in [0.15, 0.2) is 0 Å². The highest BCUT2D eigenvalue weighted by atomic mass is 16.3. The van der Waals surface area contributed by atoms with Crippen molar-refractivity contribution in [3.8, 4) is 0 Å². The van der Waals surface area contributed by atoms with Gasteiger partial charge in [0.2, 0.25) is 0 Å². The van der Waals surface area contributed by atoms with Gasteiger partial charge >= 0.3 is 0 Å². The normalized spacial score (nSPS) is 16.2. The molecule has 3 rings (SSSR count). The molecule has 1 aromatic heterocycles. The molecule has 2 heterocycles. The molecule has 0 unspecified atom stereocenters. The van der Waals surface area contributed by atoms with Gasteiger partial charge in [0.05, 0.1) is 0 Å². The number of hydrogen-bond donors (Lipinski definition) is 2. The summed E-state index contributed by atoms with van der Waals surface area (Å²) in [7, 11) is 0. The molecule has 0 atom stereocenters. The van der Waals surface area contributed by atoms with Crippen LogP contribution < -0.4 is 0 Å². The number of nitrogens with one attached hydrogen (secondary N) is 1. The topological polar surface area (TPSA) is 82.1 Å². The SMILES string of the molecule is O=C(c1ccc2n[nH]nc2c1)N1CC(CO)C1. The minimum absolute atomic E-state index is 0.0143. The van der Waals surface area contributed by atoms with Crippen molar-refractivity contribution in [1.82, 2.24) is 20.3 Å². The molecule has 17 heavy (non-hydrogen) atoms. The highest BCUT2D eigenvalue weighted by Gasteiger charge is 2.30. The zero-order chi connectivity index (χ0) is 11.8. The van der Waals surface area contributed by atoms with Crippen LogP contribution in [0.15, 0.2) is 18.2 Å². The third-order valence-electron chi connectivity index (χ3n) is 3.07. The van der Waals surface area contributed by atoms with Gasteiger partial charge in [-0.05, 0) is 18.2 Å². The first kappa shape index (κ1) is 10.2. The van der Waals surface area contributed by atoms with Crippen molar-refractivity contribution >= 4 is 16.9 Å². The molecule has 1 saturated heterocycles. The number of hydrogen-bond acceptors (Lipinski definition) is 4. The van der Waals surface area contributed by atoms with Crippen LogP contribution in [0.1, 0.15) is 10.4 Å². The average Bonchev–Trinajstić information content (AvgIpc) is 2.74. The molecule has 1 amide bonds. The van der Waals surface area contributed by atoms with Crippen molar-refractivity contribution in [2.75, 3.05) is 19.7 Å². The zero-order valence-electron chi connectivity index (χ0n) is 9.13. The lowest BCUT2D eigenvalue weighted by atomic mass is 10.00. The van der Waals surface area contributed by atoms with E-state index in [0.717, 1.165) is 5.52 Å². The number of fused-ring (bicyclic) bond motifs is 1. The monoisotopic (exact) mass is 232 g/mol. The summed E-state index contributed by atoms with van der Waals surface area (Å²) in [5.74, 6) is 0.217. The fourth-order valence-electron chi connectivity index (χ4n) is 2.01. The van der Waals surface area contributed by atoms with Crippen LogP contribution in [0.3, 0.4) is 0 Å². The van der Waals surface area contributed by atoms with E-state index in [2.05, 4.69) is 15.4 Å².